The molecular weight excluding hydrogens is 204 g/mol. The van der Waals surface area contributed by atoms with Gasteiger partial charge in [-0.05, 0) is 38.8 Å². The number of carboxylic acid groups (broad SMARTS) is 1. The Morgan fingerprint density at radius 2 is 2.12 bits per heavy atom. The molecule has 0 heterocycles. The van der Waals surface area contributed by atoms with E-state index in [2.05, 4.69) is 24.1 Å². The lowest BCUT2D eigenvalue weighted by molar-refractivity contribution is -0.140. The van der Waals surface area contributed by atoms with Crippen LogP contribution in [0.4, 0.5) is 0 Å². The van der Waals surface area contributed by atoms with E-state index in [4.69, 9.17) is 5.11 Å². The van der Waals surface area contributed by atoms with Gasteiger partial charge in [-0.15, -0.1) is 0 Å². The molecule has 1 saturated carbocycles. The highest BCUT2D eigenvalue weighted by molar-refractivity contribution is 5.73. The van der Waals surface area contributed by atoms with Crippen LogP contribution in [0.15, 0.2) is 0 Å². The van der Waals surface area contributed by atoms with Crippen LogP contribution in [0.3, 0.4) is 0 Å². The summed E-state index contributed by atoms with van der Waals surface area (Å²) in [4.78, 5) is 13.2. The Bertz CT molecular complexity index is 227. The maximum absolute atomic E-state index is 11.0. The standard InChI is InChI=1S/C12H24N2O2/c1-9(2)6-7-14(3)8-11(12(15)16)13-10-4-5-10/h9-11,13H,4-8H2,1-3H3,(H,15,16). The van der Waals surface area contributed by atoms with Crippen LogP contribution in [-0.4, -0.2) is 48.2 Å². The monoisotopic (exact) mass is 228 g/mol. The van der Waals surface area contributed by atoms with E-state index in [0.717, 1.165) is 25.8 Å². The summed E-state index contributed by atoms with van der Waals surface area (Å²) in [6.07, 6.45) is 3.37. The van der Waals surface area contributed by atoms with Crippen LogP contribution in [0, 0.1) is 5.92 Å². The highest BCUT2D eigenvalue weighted by Gasteiger charge is 2.28. The summed E-state index contributed by atoms with van der Waals surface area (Å²) in [5, 5.41) is 12.3. The van der Waals surface area contributed by atoms with Crippen LogP contribution < -0.4 is 5.32 Å². The first-order valence-corrected chi connectivity index (χ1v) is 6.16. The van der Waals surface area contributed by atoms with Crippen molar-refractivity contribution in [2.24, 2.45) is 5.92 Å². The topological polar surface area (TPSA) is 52.6 Å². The second kappa shape index (κ2) is 6.21. The van der Waals surface area contributed by atoms with E-state index in [-0.39, 0.29) is 0 Å². The molecule has 0 aliphatic heterocycles. The fraction of sp³-hybridized carbons (Fsp3) is 0.917. The third kappa shape index (κ3) is 5.47. The van der Waals surface area contributed by atoms with Gasteiger partial charge in [0.2, 0.25) is 0 Å². The fourth-order valence-electron chi connectivity index (χ4n) is 1.62. The van der Waals surface area contributed by atoms with E-state index < -0.39 is 12.0 Å². The van der Waals surface area contributed by atoms with Gasteiger partial charge in [-0.2, -0.15) is 0 Å². The summed E-state index contributed by atoms with van der Waals surface area (Å²) in [6.45, 7) is 5.93. The zero-order valence-electron chi connectivity index (χ0n) is 10.6. The number of rotatable bonds is 8. The summed E-state index contributed by atoms with van der Waals surface area (Å²) in [5.74, 6) is -0.0644. The summed E-state index contributed by atoms with van der Waals surface area (Å²) in [5.41, 5.74) is 0. The molecule has 1 atom stereocenters. The largest absolute Gasteiger partial charge is 0.480 e. The molecule has 2 N–H and O–H groups in total. The minimum absolute atomic E-state index is 0.412. The van der Waals surface area contributed by atoms with Crippen molar-refractivity contribution in [1.29, 1.82) is 0 Å². The second-order valence-electron chi connectivity index (χ2n) is 5.28. The molecule has 4 heteroatoms. The molecule has 0 spiro atoms. The summed E-state index contributed by atoms with van der Waals surface area (Å²) in [6, 6.07) is 0.0317. The van der Waals surface area contributed by atoms with Crippen LogP contribution >= 0.6 is 0 Å². The fourth-order valence-corrected chi connectivity index (χ4v) is 1.62. The van der Waals surface area contributed by atoms with Crippen molar-refractivity contribution in [3.63, 3.8) is 0 Å². The zero-order valence-corrected chi connectivity index (χ0v) is 10.6. The van der Waals surface area contributed by atoms with Crippen LogP contribution in [0.25, 0.3) is 0 Å². The molecule has 1 unspecified atom stereocenters. The van der Waals surface area contributed by atoms with Gasteiger partial charge in [0.1, 0.15) is 6.04 Å². The molecule has 0 amide bonds. The Balaban J connectivity index is 2.26. The molecular formula is C12H24N2O2. The van der Waals surface area contributed by atoms with E-state index in [0.29, 0.717) is 18.5 Å². The lowest BCUT2D eigenvalue weighted by Gasteiger charge is -2.22. The van der Waals surface area contributed by atoms with Gasteiger partial charge in [-0.25, -0.2) is 0 Å². The van der Waals surface area contributed by atoms with Gasteiger partial charge in [-0.3, -0.25) is 4.79 Å². The minimum Gasteiger partial charge on any atom is -0.480 e. The lowest BCUT2D eigenvalue weighted by atomic mass is 10.1. The smallest absolute Gasteiger partial charge is 0.322 e. The van der Waals surface area contributed by atoms with E-state index in [1.807, 2.05) is 7.05 Å². The van der Waals surface area contributed by atoms with Crippen molar-refractivity contribution in [3.8, 4) is 0 Å². The summed E-state index contributed by atoms with van der Waals surface area (Å²) < 4.78 is 0. The van der Waals surface area contributed by atoms with Gasteiger partial charge >= 0.3 is 5.97 Å². The highest BCUT2D eigenvalue weighted by Crippen LogP contribution is 2.19. The third-order valence-corrected chi connectivity index (χ3v) is 2.89. The Morgan fingerprint density at radius 3 is 2.56 bits per heavy atom. The Morgan fingerprint density at radius 1 is 1.50 bits per heavy atom. The summed E-state index contributed by atoms with van der Waals surface area (Å²) in [7, 11) is 1.99. The number of carbonyl (C=O) groups is 1. The molecule has 0 bridgehead atoms. The SMILES string of the molecule is CC(C)CCN(C)CC(NC1CC1)C(=O)O. The quantitative estimate of drug-likeness (QED) is 0.655. The van der Waals surface area contributed by atoms with Crippen molar-refractivity contribution < 1.29 is 9.90 Å². The first-order chi connectivity index (χ1) is 7.49. The zero-order chi connectivity index (χ0) is 12.1. The molecule has 0 aromatic heterocycles. The number of nitrogens with one attached hydrogen (secondary N) is 1. The van der Waals surface area contributed by atoms with Gasteiger partial charge in [0.15, 0.2) is 0 Å². The maximum atomic E-state index is 11.0. The number of nitrogens with zero attached hydrogens (tertiary/aromatic N) is 1. The van der Waals surface area contributed by atoms with Crippen molar-refractivity contribution in [2.45, 2.75) is 45.2 Å². The number of aliphatic carboxylic acids is 1. The second-order valence-corrected chi connectivity index (χ2v) is 5.28. The van der Waals surface area contributed by atoms with Crippen LogP contribution in [0.5, 0.6) is 0 Å². The lowest BCUT2D eigenvalue weighted by Crippen LogP contribution is -2.46. The molecule has 94 valence electrons. The molecule has 1 aliphatic rings. The van der Waals surface area contributed by atoms with Crippen molar-refractivity contribution in [1.82, 2.24) is 10.2 Å². The molecule has 0 aromatic rings. The molecule has 0 radical (unpaired) electrons. The van der Waals surface area contributed by atoms with Crippen molar-refractivity contribution in [2.75, 3.05) is 20.1 Å². The number of likely N-dealkylation sites (N-methyl/N-ethyl adjacent to an activating group) is 1. The number of hydrogen-bond acceptors (Lipinski definition) is 3. The number of carboxylic acids is 1. The van der Waals surface area contributed by atoms with Crippen LogP contribution in [0.2, 0.25) is 0 Å². The van der Waals surface area contributed by atoms with Crippen molar-refractivity contribution in [3.05, 3.63) is 0 Å². The molecule has 16 heavy (non-hydrogen) atoms. The van der Waals surface area contributed by atoms with Gasteiger partial charge < -0.3 is 15.3 Å². The normalized spacial score (nSPS) is 18.1. The Hall–Kier alpha value is -0.610. The molecule has 4 nitrogen and oxygen atoms in total. The minimum atomic E-state index is -0.733. The predicted molar refractivity (Wildman–Crippen MR) is 64.5 cm³/mol. The molecule has 0 saturated heterocycles. The molecule has 1 aliphatic carbocycles. The van der Waals surface area contributed by atoms with E-state index in [1.54, 1.807) is 0 Å². The van der Waals surface area contributed by atoms with E-state index in [9.17, 15) is 4.79 Å². The first kappa shape index (κ1) is 13.5. The van der Waals surface area contributed by atoms with Gasteiger partial charge in [0.25, 0.3) is 0 Å². The molecule has 0 aromatic carbocycles. The summed E-state index contributed by atoms with van der Waals surface area (Å²) >= 11 is 0. The average molecular weight is 228 g/mol. The van der Waals surface area contributed by atoms with Crippen LogP contribution in [-0.2, 0) is 4.79 Å². The first-order valence-electron chi connectivity index (χ1n) is 6.16. The van der Waals surface area contributed by atoms with E-state index >= 15 is 0 Å². The molecule has 1 rings (SSSR count). The average Bonchev–Trinajstić information content (AvgIpc) is 2.97. The van der Waals surface area contributed by atoms with Crippen LogP contribution in [0.1, 0.15) is 33.1 Å². The highest BCUT2D eigenvalue weighted by atomic mass is 16.4. The molecule has 1 fully saturated rings. The van der Waals surface area contributed by atoms with Gasteiger partial charge in [-0.1, -0.05) is 13.8 Å². The predicted octanol–water partition coefficient (Wildman–Crippen LogP) is 1.17. The maximum Gasteiger partial charge on any atom is 0.322 e. The van der Waals surface area contributed by atoms with Gasteiger partial charge in [0, 0.05) is 12.6 Å². The van der Waals surface area contributed by atoms with E-state index in [1.165, 1.54) is 0 Å². The Kier molecular flexibility index (Phi) is 5.22. The van der Waals surface area contributed by atoms with Crippen molar-refractivity contribution >= 4 is 5.97 Å². The van der Waals surface area contributed by atoms with Gasteiger partial charge in [0.05, 0.1) is 0 Å². The Labute approximate surface area is 98.0 Å². The number of hydrogen-bond donors (Lipinski definition) is 2. The third-order valence-electron chi connectivity index (χ3n) is 2.89.